The molecule has 1 rings (SSSR count). The van der Waals surface area contributed by atoms with Crippen molar-refractivity contribution in [1.29, 1.82) is 0 Å². The van der Waals surface area contributed by atoms with Crippen molar-refractivity contribution in [2.75, 3.05) is 17.3 Å². The maximum atomic E-state index is 11.5. The molecule has 0 spiro atoms. The van der Waals surface area contributed by atoms with Crippen molar-refractivity contribution in [2.24, 2.45) is 5.73 Å². The van der Waals surface area contributed by atoms with Gasteiger partial charge < -0.3 is 10.2 Å². The van der Waals surface area contributed by atoms with E-state index < -0.39 is 6.04 Å². The fraction of sp³-hybridized carbons (Fsp3) is 0.556. The molecule has 6 heteroatoms. The van der Waals surface area contributed by atoms with E-state index in [1.807, 2.05) is 6.26 Å². The van der Waals surface area contributed by atoms with Gasteiger partial charge in [0.05, 0.1) is 11.7 Å². The minimum atomic E-state index is -0.510. The first-order valence-corrected chi connectivity index (χ1v) is 6.00. The van der Waals surface area contributed by atoms with Gasteiger partial charge in [0.25, 0.3) is 0 Å². The molecule has 15 heavy (non-hydrogen) atoms. The zero-order chi connectivity index (χ0) is 11.3. The summed E-state index contributed by atoms with van der Waals surface area (Å²) in [7, 11) is 0. The van der Waals surface area contributed by atoms with Gasteiger partial charge in [-0.1, -0.05) is 0 Å². The third-order valence-electron chi connectivity index (χ3n) is 1.82. The van der Waals surface area contributed by atoms with E-state index in [4.69, 9.17) is 10.2 Å². The maximum Gasteiger partial charge on any atom is 0.301 e. The molecule has 0 aliphatic heterocycles. The molecule has 0 aliphatic carbocycles. The molecule has 1 aromatic rings. The zero-order valence-electron chi connectivity index (χ0n) is 8.82. The molecule has 3 N–H and O–H groups in total. The van der Waals surface area contributed by atoms with E-state index in [2.05, 4.69) is 10.3 Å². The van der Waals surface area contributed by atoms with E-state index in [0.717, 1.165) is 11.4 Å². The molecule has 0 aromatic carbocycles. The molecule has 5 nitrogen and oxygen atoms in total. The topological polar surface area (TPSA) is 81.2 Å². The molecule has 1 amide bonds. The molecule has 0 bridgehead atoms. The summed E-state index contributed by atoms with van der Waals surface area (Å²) in [5.74, 6) is 0.602. The van der Waals surface area contributed by atoms with Crippen LogP contribution in [0.3, 0.4) is 0 Å². The summed E-state index contributed by atoms with van der Waals surface area (Å²) >= 11 is 1.66. The number of anilines is 1. The fourth-order valence-corrected chi connectivity index (χ4v) is 1.48. The van der Waals surface area contributed by atoms with Crippen molar-refractivity contribution >= 4 is 23.7 Å². The number of nitrogens with zero attached hydrogens (tertiary/aromatic N) is 1. The summed E-state index contributed by atoms with van der Waals surface area (Å²) in [6.07, 6.45) is 4.10. The lowest BCUT2D eigenvalue weighted by Gasteiger charge is -2.08. The SMILES string of the molecule is CSCC[C@H](N)C(=O)Nc1nc(C)co1. The molecule has 84 valence electrons. The van der Waals surface area contributed by atoms with Crippen molar-refractivity contribution in [2.45, 2.75) is 19.4 Å². The van der Waals surface area contributed by atoms with Crippen molar-refractivity contribution < 1.29 is 9.21 Å². The monoisotopic (exact) mass is 229 g/mol. The smallest absolute Gasteiger partial charge is 0.301 e. The average Bonchev–Trinajstić information content (AvgIpc) is 2.60. The summed E-state index contributed by atoms with van der Waals surface area (Å²) in [5, 5.41) is 2.52. The van der Waals surface area contributed by atoms with Gasteiger partial charge in [0.2, 0.25) is 5.91 Å². The number of aromatic nitrogens is 1. The Balaban J connectivity index is 2.41. The highest BCUT2D eigenvalue weighted by molar-refractivity contribution is 7.98. The van der Waals surface area contributed by atoms with Crippen LogP contribution in [-0.2, 0) is 4.79 Å². The number of thioether (sulfide) groups is 1. The molecule has 0 unspecified atom stereocenters. The number of nitrogens with two attached hydrogens (primary N) is 1. The minimum absolute atomic E-state index is 0.206. The lowest BCUT2D eigenvalue weighted by Crippen LogP contribution is -2.36. The highest BCUT2D eigenvalue weighted by Crippen LogP contribution is 2.07. The lowest BCUT2D eigenvalue weighted by atomic mass is 10.2. The van der Waals surface area contributed by atoms with Crippen LogP contribution >= 0.6 is 11.8 Å². The Bertz CT molecular complexity index is 327. The van der Waals surface area contributed by atoms with Gasteiger partial charge in [-0.15, -0.1) is 0 Å². The van der Waals surface area contributed by atoms with Crippen LogP contribution in [0.5, 0.6) is 0 Å². The van der Waals surface area contributed by atoms with E-state index in [1.54, 1.807) is 18.7 Å². The second kappa shape index (κ2) is 5.77. The molecule has 0 aliphatic rings. The number of oxazole rings is 1. The first-order valence-electron chi connectivity index (χ1n) is 4.61. The fourth-order valence-electron chi connectivity index (χ4n) is 0.985. The number of hydrogen-bond donors (Lipinski definition) is 2. The van der Waals surface area contributed by atoms with Crippen LogP contribution in [0.25, 0.3) is 0 Å². The number of carbonyl (C=O) groups excluding carboxylic acids is 1. The lowest BCUT2D eigenvalue weighted by molar-refractivity contribution is -0.117. The predicted octanol–water partition coefficient (Wildman–Crippen LogP) is 1.00. The quantitative estimate of drug-likeness (QED) is 0.787. The van der Waals surface area contributed by atoms with Crippen molar-refractivity contribution in [3.63, 3.8) is 0 Å². The second-order valence-electron chi connectivity index (χ2n) is 3.17. The number of aryl methyl sites for hydroxylation is 1. The molecular formula is C9H15N3O2S. The molecule has 0 saturated heterocycles. The van der Waals surface area contributed by atoms with Crippen LogP contribution in [0, 0.1) is 6.92 Å². The van der Waals surface area contributed by atoms with Gasteiger partial charge in [0, 0.05) is 0 Å². The highest BCUT2D eigenvalue weighted by Gasteiger charge is 2.14. The van der Waals surface area contributed by atoms with Gasteiger partial charge in [-0.3, -0.25) is 10.1 Å². The van der Waals surface area contributed by atoms with Gasteiger partial charge in [-0.2, -0.15) is 16.7 Å². The average molecular weight is 229 g/mol. The highest BCUT2D eigenvalue weighted by atomic mass is 32.2. The van der Waals surface area contributed by atoms with Gasteiger partial charge >= 0.3 is 6.01 Å². The van der Waals surface area contributed by atoms with Crippen molar-refractivity contribution in [3.8, 4) is 0 Å². The largest absolute Gasteiger partial charge is 0.432 e. The zero-order valence-corrected chi connectivity index (χ0v) is 9.63. The van der Waals surface area contributed by atoms with Crippen molar-refractivity contribution in [1.82, 2.24) is 4.98 Å². The number of rotatable bonds is 5. The van der Waals surface area contributed by atoms with Crippen LogP contribution in [0.15, 0.2) is 10.7 Å². The van der Waals surface area contributed by atoms with Crippen LogP contribution in [0.4, 0.5) is 6.01 Å². The molecule has 1 atom stereocenters. The minimum Gasteiger partial charge on any atom is -0.432 e. The normalized spacial score (nSPS) is 12.5. The number of amides is 1. The molecule has 1 heterocycles. The summed E-state index contributed by atoms with van der Waals surface area (Å²) in [6.45, 7) is 1.78. The Morgan fingerprint density at radius 3 is 3.07 bits per heavy atom. The van der Waals surface area contributed by atoms with E-state index in [0.29, 0.717) is 6.42 Å². The second-order valence-corrected chi connectivity index (χ2v) is 4.16. The first-order chi connectivity index (χ1) is 7.13. The van der Waals surface area contributed by atoms with Crippen LogP contribution in [-0.4, -0.2) is 28.9 Å². The first kappa shape index (κ1) is 12.1. The van der Waals surface area contributed by atoms with E-state index in [1.165, 1.54) is 6.26 Å². The molecule has 0 saturated carbocycles. The Kier molecular flexibility index (Phi) is 4.64. The third-order valence-corrected chi connectivity index (χ3v) is 2.46. The van der Waals surface area contributed by atoms with E-state index in [9.17, 15) is 4.79 Å². The molecular weight excluding hydrogens is 214 g/mol. The van der Waals surface area contributed by atoms with Crippen LogP contribution in [0.1, 0.15) is 12.1 Å². The van der Waals surface area contributed by atoms with Gasteiger partial charge in [0.1, 0.15) is 6.26 Å². The van der Waals surface area contributed by atoms with Crippen LogP contribution in [0.2, 0.25) is 0 Å². The Hall–Kier alpha value is -1.01. The van der Waals surface area contributed by atoms with Gasteiger partial charge in [-0.05, 0) is 25.4 Å². The van der Waals surface area contributed by atoms with E-state index in [-0.39, 0.29) is 11.9 Å². The summed E-state index contributed by atoms with van der Waals surface area (Å²) in [6, 6.07) is -0.304. The number of hydrogen-bond acceptors (Lipinski definition) is 5. The van der Waals surface area contributed by atoms with Crippen molar-refractivity contribution in [3.05, 3.63) is 12.0 Å². The standard InChI is InChI=1S/C9H15N3O2S/c1-6-5-14-9(11-6)12-8(13)7(10)3-4-15-2/h5,7H,3-4,10H2,1-2H3,(H,11,12,13)/t7-/m0/s1. The summed E-state index contributed by atoms with van der Waals surface area (Å²) < 4.78 is 4.99. The molecule has 0 radical (unpaired) electrons. The van der Waals surface area contributed by atoms with Gasteiger partial charge in [0.15, 0.2) is 0 Å². The summed E-state index contributed by atoms with van der Waals surface area (Å²) in [5.41, 5.74) is 6.39. The molecule has 1 aromatic heterocycles. The third kappa shape index (κ3) is 3.93. The van der Waals surface area contributed by atoms with Crippen LogP contribution < -0.4 is 11.1 Å². The summed E-state index contributed by atoms with van der Waals surface area (Å²) in [4.78, 5) is 15.4. The Morgan fingerprint density at radius 2 is 2.53 bits per heavy atom. The molecule has 0 fully saturated rings. The maximum absolute atomic E-state index is 11.5. The Labute approximate surface area is 92.8 Å². The number of carbonyl (C=O) groups is 1. The number of nitrogens with one attached hydrogen (secondary N) is 1. The van der Waals surface area contributed by atoms with E-state index >= 15 is 0 Å². The van der Waals surface area contributed by atoms with Gasteiger partial charge in [-0.25, -0.2) is 0 Å². The predicted molar refractivity (Wildman–Crippen MR) is 60.8 cm³/mol. The Morgan fingerprint density at radius 1 is 1.80 bits per heavy atom.